The van der Waals surface area contributed by atoms with Crippen molar-refractivity contribution in [3.63, 3.8) is 0 Å². The molecule has 0 saturated carbocycles. The van der Waals surface area contributed by atoms with E-state index in [1.54, 1.807) is 21.3 Å². The summed E-state index contributed by atoms with van der Waals surface area (Å²) in [6.45, 7) is 0.318. The average Bonchev–Trinajstić information content (AvgIpc) is 2.66. The van der Waals surface area contributed by atoms with E-state index < -0.39 is 49.3 Å². The van der Waals surface area contributed by atoms with Gasteiger partial charge in [-0.15, -0.1) is 0 Å². The zero-order chi connectivity index (χ0) is 19.3. The van der Waals surface area contributed by atoms with Crippen molar-refractivity contribution >= 4 is 0 Å². The third-order valence-electron chi connectivity index (χ3n) is 4.83. The maximum absolute atomic E-state index is 6.15. The Morgan fingerprint density at radius 3 is 1.77 bits per heavy atom. The number of nitrogens with two attached hydrogens (primary N) is 1. The van der Waals surface area contributed by atoms with Crippen LogP contribution in [0.4, 0.5) is 0 Å². The summed E-state index contributed by atoms with van der Waals surface area (Å²) in [7, 11) is 9.31. The molecule has 2 aliphatic rings. The Kier molecular flexibility index (Phi) is 8.61. The van der Waals surface area contributed by atoms with Crippen LogP contribution in [0.15, 0.2) is 0 Å². The molecule has 26 heavy (non-hydrogen) atoms. The maximum atomic E-state index is 6.15. The summed E-state index contributed by atoms with van der Waals surface area (Å²) >= 11 is 0. The standard InChI is InChI=1S/C16H31NO9/c1-18-8-7-24-15(23-6)13(9(8)19-2)25-16-12(22-5)10(20-3)11(21-4)14(17)26-16/h8-16H,7,17H2,1-6H3. The van der Waals surface area contributed by atoms with Crippen molar-refractivity contribution in [1.82, 2.24) is 0 Å². The minimum Gasteiger partial charge on any atom is -0.376 e. The van der Waals surface area contributed by atoms with Gasteiger partial charge in [0.25, 0.3) is 0 Å². The van der Waals surface area contributed by atoms with Crippen LogP contribution < -0.4 is 5.73 Å². The molecule has 0 bridgehead atoms. The highest BCUT2D eigenvalue weighted by molar-refractivity contribution is 4.93. The fourth-order valence-electron chi connectivity index (χ4n) is 3.46. The molecule has 2 heterocycles. The van der Waals surface area contributed by atoms with E-state index in [-0.39, 0.29) is 6.10 Å². The molecule has 2 saturated heterocycles. The Morgan fingerprint density at radius 1 is 0.654 bits per heavy atom. The Balaban J connectivity index is 2.21. The Hall–Kier alpha value is -0.400. The Bertz CT molecular complexity index is 415. The minimum absolute atomic E-state index is 0.318. The topological polar surface area (TPSA) is 109 Å². The highest BCUT2D eigenvalue weighted by Crippen LogP contribution is 2.30. The molecule has 0 aromatic heterocycles. The predicted octanol–water partition coefficient (Wildman–Crippen LogP) is -0.910. The highest BCUT2D eigenvalue weighted by Gasteiger charge is 2.50. The van der Waals surface area contributed by atoms with Crippen LogP contribution >= 0.6 is 0 Å². The monoisotopic (exact) mass is 381 g/mol. The molecule has 0 aromatic rings. The smallest absolute Gasteiger partial charge is 0.189 e. The molecule has 10 nitrogen and oxygen atoms in total. The molecule has 0 aromatic carbocycles. The first-order valence-electron chi connectivity index (χ1n) is 8.41. The van der Waals surface area contributed by atoms with Crippen molar-refractivity contribution in [1.29, 1.82) is 0 Å². The summed E-state index contributed by atoms with van der Waals surface area (Å²) in [6.07, 6.45) is -5.21. The van der Waals surface area contributed by atoms with Crippen LogP contribution in [0.5, 0.6) is 0 Å². The van der Waals surface area contributed by atoms with E-state index in [9.17, 15) is 0 Å². The molecule has 0 radical (unpaired) electrons. The van der Waals surface area contributed by atoms with Gasteiger partial charge >= 0.3 is 0 Å². The van der Waals surface area contributed by atoms with E-state index in [1.807, 2.05) is 0 Å². The lowest BCUT2D eigenvalue weighted by Gasteiger charge is -2.47. The number of ether oxygens (including phenoxy) is 9. The molecule has 0 aliphatic carbocycles. The average molecular weight is 381 g/mol. The van der Waals surface area contributed by atoms with Gasteiger partial charge in [-0.3, -0.25) is 0 Å². The quantitative estimate of drug-likeness (QED) is 0.567. The van der Waals surface area contributed by atoms with Gasteiger partial charge in [-0.1, -0.05) is 0 Å². The lowest BCUT2D eigenvalue weighted by molar-refractivity contribution is -0.359. The molecule has 2 fully saturated rings. The fraction of sp³-hybridized carbons (Fsp3) is 1.00. The van der Waals surface area contributed by atoms with Crippen LogP contribution in [0.25, 0.3) is 0 Å². The second kappa shape index (κ2) is 10.2. The first kappa shape index (κ1) is 21.9. The van der Waals surface area contributed by atoms with Crippen LogP contribution in [0.3, 0.4) is 0 Å². The van der Waals surface area contributed by atoms with Crippen molar-refractivity contribution < 1.29 is 42.6 Å². The first-order chi connectivity index (χ1) is 12.6. The lowest BCUT2D eigenvalue weighted by Crippen LogP contribution is -2.65. The largest absolute Gasteiger partial charge is 0.376 e. The molecule has 2 N–H and O–H groups in total. The molecule has 10 heteroatoms. The molecule has 0 spiro atoms. The van der Waals surface area contributed by atoms with Crippen LogP contribution in [-0.4, -0.2) is 105 Å². The van der Waals surface area contributed by atoms with Crippen LogP contribution in [0, 0.1) is 0 Å². The zero-order valence-electron chi connectivity index (χ0n) is 16.2. The van der Waals surface area contributed by atoms with Gasteiger partial charge in [0.15, 0.2) is 12.6 Å². The van der Waals surface area contributed by atoms with Crippen LogP contribution in [-0.2, 0) is 42.6 Å². The molecule has 154 valence electrons. The highest BCUT2D eigenvalue weighted by atomic mass is 16.8. The summed E-state index contributed by atoms with van der Waals surface area (Å²) in [5.41, 5.74) is 6.07. The summed E-state index contributed by atoms with van der Waals surface area (Å²) in [4.78, 5) is 0. The Morgan fingerprint density at radius 2 is 1.27 bits per heavy atom. The lowest BCUT2D eigenvalue weighted by atomic mass is 10.0. The van der Waals surface area contributed by atoms with Gasteiger partial charge < -0.3 is 48.4 Å². The van der Waals surface area contributed by atoms with Crippen molar-refractivity contribution in [3.8, 4) is 0 Å². The molecule has 2 aliphatic heterocycles. The maximum Gasteiger partial charge on any atom is 0.189 e. The number of methoxy groups -OCH3 is 6. The molecular formula is C16H31NO9. The SMILES string of the molecule is COC1COC(OC)C(OC2OC(N)C(OC)C(OC)C2OC)C1OC. The second-order valence-corrected chi connectivity index (χ2v) is 6.08. The fourth-order valence-corrected chi connectivity index (χ4v) is 3.46. The predicted molar refractivity (Wildman–Crippen MR) is 88.5 cm³/mol. The van der Waals surface area contributed by atoms with Gasteiger partial charge in [0.2, 0.25) is 0 Å². The van der Waals surface area contributed by atoms with Gasteiger partial charge in [0, 0.05) is 42.7 Å². The number of rotatable bonds is 8. The third kappa shape index (κ3) is 4.36. The van der Waals surface area contributed by atoms with E-state index in [2.05, 4.69) is 0 Å². The van der Waals surface area contributed by atoms with E-state index in [0.29, 0.717) is 6.61 Å². The van der Waals surface area contributed by atoms with Crippen molar-refractivity contribution in [2.24, 2.45) is 5.73 Å². The molecule has 9 atom stereocenters. The van der Waals surface area contributed by atoms with Crippen molar-refractivity contribution in [2.45, 2.75) is 55.4 Å². The first-order valence-corrected chi connectivity index (χ1v) is 8.41. The van der Waals surface area contributed by atoms with Crippen molar-refractivity contribution in [2.75, 3.05) is 49.3 Å². The molecule has 2 rings (SSSR count). The summed E-state index contributed by atoms with van der Waals surface area (Å²) in [5, 5.41) is 0. The van der Waals surface area contributed by atoms with E-state index >= 15 is 0 Å². The second-order valence-electron chi connectivity index (χ2n) is 6.08. The molecule has 0 amide bonds. The Labute approximate surface area is 154 Å². The molecular weight excluding hydrogens is 350 g/mol. The summed E-state index contributed by atoms with van der Waals surface area (Å²) < 4.78 is 50.5. The summed E-state index contributed by atoms with van der Waals surface area (Å²) in [5.74, 6) is 0. The van der Waals surface area contributed by atoms with Crippen molar-refractivity contribution in [3.05, 3.63) is 0 Å². The van der Waals surface area contributed by atoms with Crippen LogP contribution in [0.1, 0.15) is 0 Å². The number of hydrogen-bond acceptors (Lipinski definition) is 10. The van der Waals surface area contributed by atoms with Gasteiger partial charge in [-0.05, 0) is 0 Å². The van der Waals surface area contributed by atoms with Gasteiger partial charge in [0.1, 0.15) is 42.9 Å². The number of hydrogen-bond donors (Lipinski definition) is 1. The van der Waals surface area contributed by atoms with E-state index in [1.165, 1.54) is 21.3 Å². The van der Waals surface area contributed by atoms with Gasteiger partial charge in [0.05, 0.1) is 6.61 Å². The van der Waals surface area contributed by atoms with Gasteiger partial charge in [-0.2, -0.15) is 0 Å². The van der Waals surface area contributed by atoms with E-state index in [0.717, 1.165) is 0 Å². The summed E-state index contributed by atoms with van der Waals surface area (Å²) in [6, 6.07) is 0. The minimum atomic E-state index is -0.842. The third-order valence-corrected chi connectivity index (χ3v) is 4.83. The molecule has 9 unspecified atom stereocenters. The van der Waals surface area contributed by atoms with Crippen LogP contribution in [0.2, 0.25) is 0 Å². The zero-order valence-corrected chi connectivity index (χ0v) is 16.2. The normalized spacial score (nSPS) is 44.2. The van der Waals surface area contributed by atoms with Gasteiger partial charge in [-0.25, -0.2) is 0 Å². The van der Waals surface area contributed by atoms with E-state index in [4.69, 9.17) is 48.4 Å².